The van der Waals surface area contributed by atoms with Crippen molar-refractivity contribution in [2.75, 3.05) is 20.1 Å². The maximum absolute atomic E-state index is 11.5. The molecular formula is C13H23N3O. The maximum atomic E-state index is 11.5. The standard InChI is InChI=1S/C13H23N3O/c1-3-16(10-13(17)15-2)12-8-6-4-5-7-11(12)9-14/h11-12H,3-8,10H2,1-2H3,(H,15,17). The molecule has 0 saturated heterocycles. The predicted octanol–water partition coefficient (Wildman–Crippen LogP) is 1.53. The Hall–Kier alpha value is -1.08. The summed E-state index contributed by atoms with van der Waals surface area (Å²) in [5.41, 5.74) is 0. The molecule has 0 bridgehead atoms. The summed E-state index contributed by atoms with van der Waals surface area (Å²) >= 11 is 0. The van der Waals surface area contributed by atoms with Crippen molar-refractivity contribution in [1.82, 2.24) is 10.2 Å². The van der Waals surface area contributed by atoms with Crippen LogP contribution in [0.4, 0.5) is 0 Å². The van der Waals surface area contributed by atoms with Gasteiger partial charge in [0, 0.05) is 13.1 Å². The summed E-state index contributed by atoms with van der Waals surface area (Å²) in [7, 11) is 1.66. The van der Waals surface area contributed by atoms with Gasteiger partial charge in [-0.2, -0.15) is 5.26 Å². The minimum atomic E-state index is 0.0350. The van der Waals surface area contributed by atoms with Crippen molar-refractivity contribution >= 4 is 5.91 Å². The summed E-state index contributed by atoms with van der Waals surface area (Å²) in [6.45, 7) is 3.30. The highest BCUT2D eigenvalue weighted by atomic mass is 16.1. The van der Waals surface area contributed by atoms with E-state index in [-0.39, 0.29) is 17.9 Å². The minimum Gasteiger partial charge on any atom is -0.358 e. The van der Waals surface area contributed by atoms with Gasteiger partial charge in [0.2, 0.25) is 5.91 Å². The zero-order valence-electron chi connectivity index (χ0n) is 10.9. The first kappa shape index (κ1) is 14.0. The highest BCUT2D eigenvalue weighted by molar-refractivity contribution is 5.77. The predicted molar refractivity (Wildman–Crippen MR) is 67.3 cm³/mol. The fourth-order valence-corrected chi connectivity index (χ4v) is 2.60. The van der Waals surface area contributed by atoms with Crippen LogP contribution in [0.3, 0.4) is 0 Å². The van der Waals surface area contributed by atoms with Crippen LogP contribution in [0.1, 0.15) is 39.0 Å². The topological polar surface area (TPSA) is 56.1 Å². The first-order chi connectivity index (χ1) is 8.22. The van der Waals surface area contributed by atoms with E-state index in [1.807, 2.05) is 0 Å². The lowest BCUT2D eigenvalue weighted by atomic mass is 9.94. The molecule has 1 saturated carbocycles. The Morgan fingerprint density at radius 1 is 1.41 bits per heavy atom. The van der Waals surface area contributed by atoms with E-state index >= 15 is 0 Å². The lowest BCUT2D eigenvalue weighted by Crippen LogP contribution is -2.45. The summed E-state index contributed by atoms with van der Waals surface area (Å²) in [6.07, 6.45) is 5.56. The van der Waals surface area contributed by atoms with Gasteiger partial charge in [-0.05, 0) is 19.4 Å². The number of nitrogens with zero attached hydrogens (tertiary/aromatic N) is 2. The molecule has 0 radical (unpaired) electrons. The number of carbonyl (C=O) groups is 1. The van der Waals surface area contributed by atoms with Gasteiger partial charge in [0.1, 0.15) is 0 Å². The zero-order valence-corrected chi connectivity index (χ0v) is 10.9. The van der Waals surface area contributed by atoms with Crippen molar-refractivity contribution in [1.29, 1.82) is 5.26 Å². The Labute approximate surface area is 104 Å². The Bertz CT molecular complexity index is 285. The summed E-state index contributed by atoms with van der Waals surface area (Å²) in [5, 5.41) is 11.9. The zero-order chi connectivity index (χ0) is 12.7. The van der Waals surface area contributed by atoms with Gasteiger partial charge in [-0.25, -0.2) is 0 Å². The second kappa shape index (κ2) is 7.29. The molecule has 0 aromatic heterocycles. The number of amides is 1. The lowest BCUT2D eigenvalue weighted by molar-refractivity contribution is -0.122. The molecular weight excluding hydrogens is 214 g/mol. The van der Waals surface area contributed by atoms with Gasteiger partial charge in [0.15, 0.2) is 0 Å². The van der Waals surface area contributed by atoms with E-state index in [4.69, 9.17) is 0 Å². The quantitative estimate of drug-likeness (QED) is 0.754. The molecule has 1 N–H and O–H groups in total. The van der Waals surface area contributed by atoms with Crippen LogP contribution in [0.2, 0.25) is 0 Å². The van der Waals surface area contributed by atoms with Crippen LogP contribution in [0.15, 0.2) is 0 Å². The third-order valence-corrected chi connectivity index (χ3v) is 3.65. The van der Waals surface area contributed by atoms with E-state index in [1.165, 1.54) is 12.8 Å². The molecule has 0 aliphatic heterocycles. The highest BCUT2D eigenvalue weighted by Crippen LogP contribution is 2.26. The number of nitrogens with one attached hydrogen (secondary N) is 1. The molecule has 1 fully saturated rings. The van der Waals surface area contributed by atoms with Crippen LogP contribution in [-0.4, -0.2) is 37.0 Å². The molecule has 0 aromatic carbocycles. The SMILES string of the molecule is CCN(CC(=O)NC)C1CCCCCC1C#N. The van der Waals surface area contributed by atoms with Crippen LogP contribution in [0.25, 0.3) is 0 Å². The molecule has 1 aliphatic rings. The van der Waals surface area contributed by atoms with Crippen molar-refractivity contribution in [3.63, 3.8) is 0 Å². The number of carbonyl (C=O) groups excluding carboxylic acids is 1. The Morgan fingerprint density at radius 3 is 2.71 bits per heavy atom. The van der Waals surface area contributed by atoms with Crippen LogP contribution in [0.5, 0.6) is 0 Å². The summed E-state index contributed by atoms with van der Waals surface area (Å²) < 4.78 is 0. The molecule has 1 aliphatic carbocycles. The highest BCUT2D eigenvalue weighted by Gasteiger charge is 2.28. The van der Waals surface area contributed by atoms with Crippen molar-refractivity contribution in [3.05, 3.63) is 0 Å². The van der Waals surface area contributed by atoms with Crippen molar-refractivity contribution in [2.45, 2.75) is 45.1 Å². The van der Waals surface area contributed by atoms with Crippen molar-refractivity contribution in [2.24, 2.45) is 5.92 Å². The Kier molecular flexibility index (Phi) is 5.99. The van der Waals surface area contributed by atoms with Gasteiger partial charge in [0.05, 0.1) is 18.5 Å². The molecule has 17 heavy (non-hydrogen) atoms. The summed E-state index contributed by atoms with van der Waals surface area (Å²) in [5.74, 6) is 0.120. The van der Waals surface area contributed by atoms with Gasteiger partial charge in [-0.3, -0.25) is 9.69 Å². The van der Waals surface area contributed by atoms with Gasteiger partial charge in [-0.15, -0.1) is 0 Å². The number of rotatable bonds is 4. The molecule has 2 unspecified atom stereocenters. The van der Waals surface area contributed by atoms with E-state index in [0.29, 0.717) is 6.54 Å². The molecule has 1 amide bonds. The van der Waals surface area contributed by atoms with Crippen molar-refractivity contribution in [3.8, 4) is 6.07 Å². The molecule has 4 heteroatoms. The molecule has 4 nitrogen and oxygen atoms in total. The third-order valence-electron chi connectivity index (χ3n) is 3.65. The first-order valence-corrected chi connectivity index (χ1v) is 6.57. The van der Waals surface area contributed by atoms with Gasteiger partial charge >= 0.3 is 0 Å². The number of hydrogen-bond acceptors (Lipinski definition) is 3. The van der Waals surface area contributed by atoms with E-state index in [1.54, 1.807) is 7.05 Å². The molecule has 2 atom stereocenters. The Morgan fingerprint density at radius 2 is 2.12 bits per heavy atom. The maximum Gasteiger partial charge on any atom is 0.233 e. The first-order valence-electron chi connectivity index (χ1n) is 6.57. The average molecular weight is 237 g/mol. The Balaban J connectivity index is 2.69. The fraction of sp³-hybridized carbons (Fsp3) is 0.846. The minimum absolute atomic E-state index is 0.0350. The molecule has 1 rings (SSSR count). The smallest absolute Gasteiger partial charge is 0.233 e. The van der Waals surface area contributed by atoms with E-state index in [0.717, 1.165) is 25.8 Å². The van der Waals surface area contributed by atoms with E-state index < -0.39 is 0 Å². The average Bonchev–Trinajstić information content (AvgIpc) is 2.60. The second-order valence-corrected chi connectivity index (χ2v) is 4.68. The normalized spacial score (nSPS) is 25.1. The van der Waals surface area contributed by atoms with Gasteiger partial charge in [-0.1, -0.05) is 26.2 Å². The summed E-state index contributed by atoms with van der Waals surface area (Å²) in [6, 6.07) is 2.68. The molecule has 96 valence electrons. The molecule has 0 heterocycles. The number of likely N-dealkylation sites (N-methyl/N-ethyl adjacent to an activating group) is 2. The van der Waals surface area contributed by atoms with Gasteiger partial charge in [0.25, 0.3) is 0 Å². The van der Waals surface area contributed by atoms with Crippen LogP contribution < -0.4 is 5.32 Å². The largest absolute Gasteiger partial charge is 0.358 e. The van der Waals surface area contributed by atoms with E-state index in [9.17, 15) is 10.1 Å². The fourth-order valence-electron chi connectivity index (χ4n) is 2.60. The molecule has 0 spiro atoms. The second-order valence-electron chi connectivity index (χ2n) is 4.68. The van der Waals surface area contributed by atoms with Crippen molar-refractivity contribution < 1.29 is 4.79 Å². The number of hydrogen-bond donors (Lipinski definition) is 1. The van der Waals surface area contributed by atoms with Crippen LogP contribution >= 0.6 is 0 Å². The van der Waals surface area contributed by atoms with Gasteiger partial charge < -0.3 is 5.32 Å². The third kappa shape index (κ3) is 4.01. The van der Waals surface area contributed by atoms with E-state index in [2.05, 4.69) is 23.2 Å². The van der Waals surface area contributed by atoms with Crippen LogP contribution in [-0.2, 0) is 4.79 Å². The van der Waals surface area contributed by atoms with Crippen LogP contribution in [0, 0.1) is 17.2 Å². The molecule has 0 aromatic rings. The monoisotopic (exact) mass is 237 g/mol. The number of nitriles is 1. The summed E-state index contributed by atoms with van der Waals surface area (Å²) in [4.78, 5) is 13.6. The lowest BCUT2D eigenvalue weighted by Gasteiger charge is -2.32.